The van der Waals surface area contributed by atoms with E-state index >= 15 is 4.39 Å². The number of rotatable bonds is 2. The van der Waals surface area contributed by atoms with Crippen molar-refractivity contribution in [2.24, 2.45) is 0 Å². The van der Waals surface area contributed by atoms with E-state index in [1.807, 2.05) is 25.3 Å². The molecular formula is C20H20FN3O3S. The van der Waals surface area contributed by atoms with Crippen molar-refractivity contribution in [2.75, 3.05) is 6.61 Å². The zero-order valence-electron chi connectivity index (χ0n) is 15.7. The lowest BCUT2D eigenvalue weighted by Crippen LogP contribution is -2.40. The molecule has 0 bridgehead atoms. The molecule has 1 aliphatic rings. The number of aliphatic hydroxyl groups excluding tert-OH is 2. The van der Waals surface area contributed by atoms with Crippen molar-refractivity contribution >= 4 is 22.4 Å². The number of thiophene rings is 1. The fourth-order valence-electron chi connectivity index (χ4n) is 3.50. The molecule has 6 nitrogen and oxygen atoms in total. The summed E-state index contributed by atoms with van der Waals surface area (Å²) in [6, 6.07) is 2.00. The number of alkyl halides is 1. The minimum atomic E-state index is -2.10. The van der Waals surface area contributed by atoms with Crippen molar-refractivity contribution in [1.29, 1.82) is 0 Å². The molecule has 2 N–H and O–H groups in total. The van der Waals surface area contributed by atoms with Gasteiger partial charge in [0.05, 0.1) is 28.1 Å². The summed E-state index contributed by atoms with van der Waals surface area (Å²) < 4.78 is 22.5. The maximum Gasteiger partial charge on any atom is 0.181 e. The van der Waals surface area contributed by atoms with Gasteiger partial charge in [0.25, 0.3) is 0 Å². The number of aryl methyl sites for hydroxylation is 2. The lowest BCUT2D eigenvalue weighted by Gasteiger charge is -2.25. The van der Waals surface area contributed by atoms with E-state index in [4.69, 9.17) is 4.74 Å². The Morgan fingerprint density at radius 1 is 1.36 bits per heavy atom. The molecule has 0 radical (unpaired) electrons. The number of halogens is 1. The van der Waals surface area contributed by atoms with Crippen LogP contribution in [0.15, 0.2) is 24.0 Å². The van der Waals surface area contributed by atoms with Crippen molar-refractivity contribution in [3.8, 4) is 11.8 Å². The number of aromatic nitrogens is 3. The summed E-state index contributed by atoms with van der Waals surface area (Å²) in [5.74, 6) is 6.31. The second-order valence-corrected chi connectivity index (χ2v) is 8.01. The van der Waals surface area contributed by atoms with E-state index in [2.05, 4.69) is 21.8 Å². The highest BCUT2D eigenvalue weighted by Crippen LogP contribution is 2.43. The summed E-state index contributed by atoms with van der Waals surface area (Å²) >= 11 is 1.56. The SMILES string of the molecule is Cc1ccsc1C#Cc1cn([C@@H]2O[C@H](CO)[C@@H](O)[C@@]2(C)F)c2ncnc(C)c12. The number of hydrogen-bond acceptors (Lipinski definition) is 6. The highest BCUT2D eigenvalue weighted by molar-refractivity contribution is 7.10. The van der Waals surface area contributed by atoms with Crippen LogP contribution in [0.5, 0.6) is 0 Å². The van der Waals surface area contributed by atoms with E-state index in [1.54, 1.807) is 17.5 Å². The quantitative estimate of drug-likeness (QED) is 0.645. The van der Waals surface area contributed by atoms with Crippen LogP contribution < -0.4 is 0 Å². The average Bonchev–Trinajstić information content (AvgIpc) is 3.30. The van der Waals surface area contributed by atoms with Gasteiger partial charge in [-0.1, -0.05) is 11.8 Å². The Morgan fingerprint density at radius 3 is 2.79 bits per heavy atom. The molecule has 0 unspecified atom stereocenters. The maximum atomic E-state index is 15.3. The van der Waals surface area contributed by atoms with Crippen LogP contribution in [0, 0.1) is 25.7 Å². The fraction of sp³-hybridized carbons (Fsp3) is 0.400. The van der Waals surface area contributed by atoms with E-state index in [0.717, 1.165) is 10.4 Å². The van der Waals surface area contributed by atoms with Crippen LogP contribution in [0.3, 0.4) is 0 Å². The topological polar surface area (TPSA) is 80.4 Å². The van der Waals surface area contributed by atoms with Crippen LogP contribution in [0.25, 0.3) is 11.0 Å². The Hall–Kier alpha value is -2.31. The van der Waals surface area contributed by atoms with Gasteiger partial charge in [-0.25, -0.2) is 14.4 Å². The second kappa shape index (κ2) is 6.94. The molecule has 4 rings (SSSR count). The third-order valence-electron chi connectivity index (χ3n) is 5.12. The molecule has 0 saturated carbocycles. The molecule has 0 aromatic carbocycles. The Bertz CT molecular complexity index is 1100. The first-order chi connectivity index (χ1) is 13.3. The lowest BCUT2D eigenvalue weighted by molar-refractivity contribution is -0.0564. The third kappa shape index (κ3) is 2.91. The molecule has 3 aromatic rings. The lowest BCUT2D eigenvalue weighted by atomic mass is 9.98. The molecular weight excluding hydrogens is 381 g/mol. The molecule has 1 aliphatic heterocycles. The van der Waals surface area contributed by atoms with Gasteiger partial charge in [-0.3, -0.25) is 0 Å². The number of fused-ring (bicyclic) bond motifs is 1. The van der Waals surface area contributed by atoms with Crippen LogP contribution in [-0.4, -0.2) is 49.2 Å². The number of hydrogen-bond donors (Lipinski definition) is 2. The van der Waals surface area contributed by atoms with E-state index in [9.17, 15) is 10.2 Å². The van der Waals surface area contributed by atoms with E-state index in [1.165, 1.54) is 17.8 Å². The summed E-state index contributed by atoms with van der Waals surface area (Å²) in [5, 5.41) is 22.3. The molecule has 4 atom stereocenters. The molecule has 0 spiro atoms. The van der Waals surface area contributed by atoms with Gasteiger partial charge in [0.1, 0.15) is 24.2 Å². The zero-order chi connectivity index (χ0) is 20.1. The largest absolute Gasteiger partial charge is 0.394 e. The highest BCUT2D eigenvalue weighted by Gasteiger charge is 2.55. The predicted molar refractivity (Wildman–Crippen MR) is 104 cm³/mol. The molecule has 3 aromatic heterocycles. The van der Waals surface area contributed by atoms with Gasteiger partial charge in [0.15, 0.2) is 11.9 Å². The Morgan fingerprint density at radius 2 is 2.14 bits per heavy atom. The molecule has 8 heteroatoms. The smallest absolute Gasteiger partial charge is 0.181 e. The second-order valence-electron chi connectivity index (χ2n) is 7.10. The minimum Gasteiger partial charge on any atom is -0.394 e. The first kappa shape index (κ1) is 19.0. The van der Waals surface area contributed by atoms with Gasteiger partial charge in [-0.15, -0.1) is 11.3 Å². The third-order valence-corrected chi connectivity index (χ3v) is 6.05. The van der Waals surface area contributed by atoms with Gasteiger partial charge in [0, 0.05) is 6.20 Å². The van der Waals surface area contributed by atoms with Crippen molar-refractivity contribution < 1.29 is 19.3 Å². The molecule has 0 amide bonds. The molecule has 28 heavy (non-hydrogen) atoms. The fourth-order valence-corrected chi connectivity index (χ4v) is 4.27. The Balaban J connectivity index is 1.87. The standard InChI is InChI=1S/C20H20FN3O3S/c1-11-6-7-28-15(11)5-4-13-8-24(18-16(13)12(2)22-10-23-18)19-20(3,21)17(26)14(9-25)27-19/h6-8,10,14,17,19,25-26H,9H2,1-3H3/t14-,17-,19-,20-/m1/s1. The van der Waals surface area contributed by atoms with Crippen LogP contribution in [0.1, 0.15) is 34.8 Å². The van der Waals surface area contributed by atoms with Crippen LogP contribution in [0.4, 0.5) is 4.39 Å². The zero-order valence-corrected chi connectivity index (χ0v) is 16.5. The normalized spacial score (nSPS) is 27.1. The molecule has 0 aliphatic carbocycles. The van der Waals surface area contributed by atoms with Crippen LogP contribution in [0.2, 0.25) is 0 Å². The van der Waals surface area contributed by atoms with Crippen molar-refractivity contribution in [2.45, 2.75) is 44.9 Å². The van der Waals surface area contributed by atoms with Crippen LogP contribution >= 0.6 is 11.3 Å². The van der Waals surface area contributed by atoms with E-state index in [-0.39, 0.29) is 0 Å². The monoisotopic (exact) mass is 401 g/mol. The number of nitrogens with zero attached hydrogens (tertiary/aromatic N) is 3. The predicted octanol–water partition coefficient (Wildman–Crippen LogP) is 2.49. The Labute approximate surface area is 165 Å². The van der Waals surface area contributed by atoms with Gasteiger partial charge in [0.2, 0.25) is 0 Å². The minimum absolute atomic E-state index is 0.472. The molecule has 1 saturated heterocycles. The number of aliphatic hydroxyl groups is 2. The summed E-state index contributed by atoms with van der Waals surface area (Å²) in [6.07, 6.45) is -0.526. The van der Waals surface area contributed by atoms with E-state index < -0.39 is 30.7 Å². The summed E-state index contributed by atoms with van der Waals surface area (Å²) in [4.78, 5) is 9.50. The van der Waals surface area contributed by atoms with E-state index in [0.29, 0.717) is 22.3 Å². The summed E-state index contributed by atoms with van der Waals surface area (Å²) in [6.45, 7) is 4.62. The highest BCUT2D eigenvalue weighted by atomic mass is 32.1. The molecule has 4 heterocycles. The molecule has 146 valence electrons. The summed E-state index contributed by atoms with van der Waals surface area (Å²) in [7, 11) is 0. The Kier molecular flexibility index (Phi) is 4.71. The first-order valence-electron chi connectivity index (χ1n) is 8.86. The molecule has 1 fully saturated rings. The van der Waals surface area contributed by atoms with Crippen molar-refractivity contribution in [1.82, 2.24) is 14.5 Å². The van der Waals surface area contributed by atoms with Gasteiger partial charge >= 0.3 is 0 Å². The van der Waals surface area contributed by atoms with Gasteiger partial charge < -0.3 is 19.5 Å². The average molecular weight is 401 g/mol. The number of ether oxygens (including phenoxy) is 1. The van der Waals surface area contributed by atoms with Gasteiger partial charge in [-0.2, -0.15) is 0 Å². The summed E-state index contributed by atoms with van der Waals surface area (Å²) in [5.41, 5.74) is 0.835. The maximum absolute atomic E-state index is 15.3. The van der Waals surface area contributed by atoms with Crippen molar-refractivity contribution in [3.63, 3.8) is 0 Å². The van der Waals surface area contributed by atoms with Crippen LogP contribution in [-0.2, 0) is 4.74 Å². The first-order valence-corrected chi connectivity index (χ1v) is 9.74. The van der Waals surface area contributed by atoms with Gasteiger partial charge in [-0.05, 0) is 37.8 Å². The van der Waals surface area contributed by atoms with Crippen molar-refractivity contribution in [3.05, 3.63) is 45.7 Å².